The summed E-state index contributed by atoms with van der Waals surface area (Å²) in [6, 6.07) is 17.4. The largest absolute Gasteiger partial charge is 0.367 e. The SMILES string of the molecule is CC[C@H]1[C@@H]([N+](=O)[O-])[C@H](c2ccccc2)C(C)=CN1CCc1c[nH]c2ccccc12. The highest BCUT2D eigenvalue weighted by molar-refractivity contribution is 5.83. The molecule has 1 aliphatic heterocycles. The van der Waals surface area contributed by atoms with Gasteiger partial charge in [-0.3, -0.25) is 10.1 Å². The molecule has 0 amide bonds. The van der Waals surface area contributed by atoms with Crippen LogP contribution in [0.2, 0.25) is 0 Å². The molecule has 29 heavy (non-hydrogen) atoms. The van der Waals surface area contributed by atoms with Crippen molar-refractivity contribution in [1.82, 2.24) is 9.88 Å². The average Bonchev–Trinajstić information content (AvgIpc) is 3.15. The van der Waals surface area contributed by atoms with Gasteiger partial charge in [0.05, 0.1) is 12.0 Å². The number of nitrogens with zero attached hydrogens (tertiary/aromatic N) is 2. The summed E-state index contributed by atoms with van der Waals surface area (Å²) in [4.78, 5) is 17.6. The molecule has 1 aromatic heterocycles. The third-order valence-corrected chi connectivity index (χ3v) is 6.16. The van der Waals surface area contributed by atoms with Gasteiger partial charge in [0.1, 0.15) is 0 Å². The molecule has 0 saturated carbocycles. The van der Waals surface area contributed by atoms with Crippen LogP contribution < -0.4 is 0 Å². The molecule has 5 nitrogen and oxygen atoms in total. The lowest BCUT2D eigenvalue weighted by Gasteiger charge is -2.40. The Morgan fingerprint density at radius 1 is 1.10 bits per heavy atom. The molecule has 3 aromatic rings. The predicted molar refractivity (Wildman–Crippen MR) is 117 cm³/mol. The fourth-order valence-corrected chi connectivity index (χ4v) is 4.80. The Kier molecular flexibility index (Phi) is 5.38. The van der Waals surface area contributed by atoms with E-state index in [1.54, 1.807) is 0 Å². The first-order chi connectivity index (χ1) is 14.1. The highest BCUT2D eigenvalue weighted by atomic mass is 16.6. The van der Waals surface area contributed by atoms with Crippen LogP contribution in [-0.4, -0.2) is 33.4 Å². The van der Waals surface area contributed by atoms with Gasteiger partial charge in [-0.1, -0.05) is 55.5 Å². The van der Waals surface area contributed by atoms with Gasteiger partial charge in [0.15, 0.2) is 0 Å². The predicted octanol–water partition coefficient (Wildman–Crippen LogP) is 5.14. The number of para-hydroxylation sites is 1. The molecule has 0 saturated heterocycles. The van der Waals surface area contributed by atoms with E-state index in [0.29, 0.717) is 0 Å². The number of nitrogens with one attached hydrogen (secondary N) is 1. The first-order valence-electron chi connectivity index (χ1n) is 10.3. The minimum atomic E-state index is -0.643. The quantitative estimate of drug-likeness (QED) is 0.469. The van der Waals surface area contributed by atoms with E-state index >= 15 is 0 Å². The van der Waals surface area contributed by atoms with E-state index in [2.05, 4.69) is 41.3 Å². The van der Waals surface area contributed by atoms with Gasteiger partial charge in [-0.2, -0.15) is 0 Å². The Balaban J connectivity index is 1.63. The molecule has 0 fully saturated rings. The molecule has 1 aliphatic rings. The van der Waals surface area contributed by atoms with E-state index in [9.17, 15) is 10.1 Å². The standard InChI is InChI=1S/C24H27N3O2/c1-3-22-24(27(28)29)23(18-9-5-4-6-10-18)17(2)16-26(22)14-13-19-15-25-21-12-8-7-11-20(19)21/h4-12,15-16,22-25H,3,13-14H2,1-2H3/t22-,23-,24+/m0/s1. The van der Waals surface area contributed by atoms with Crippen molar-refractivity contribution in [2.75, 3.05) is 6.54 Å². The number of hydrogen-bond donors (Lipinski definition) is 1. The van der Waals surface area contributed by atoms with Crippen molar-refractivity contribution in [2.45, 2.75) is 44.7 Å². The number of H-pyrrole nitrogens is 1. The summed E-state index contributed by atoms with van der Waals surface area (Å²) in [5, 5.41) is 13.4. The number of aromatic nitrogens is 1. The van der Waals surface area contributed by atoms with Gasteiger partial charge in [0.25, 0.3) is 0 Å². The first kappa shape index (κ1) is 19.2. The van der Waals surface area contributed by atoms with Crippen molar-refractivity contribution in [1.29, 1.82) is 0 Å². The van der Waals surface area contributed by atoms with Crippen LogP contribution in [0.5, 0.6) is 0 Å². The van der Waals surface area contributed by atoms with E-state index in [1.165, 1.54) is 10.9 Å². The Morgan fingerprint density at radius 2 is 1.83 bits per heavy atom. The number of fused-ring (bicyclic) bond motifs is 1. The number of nitro groups is 1. The summed E-state index contributed by atoms with van der Waals surface area (Å²) in [5.41, 5.74) is 4.47. The van der Waals surface area contributed by atoms with Crippen LogP contribution in [0.3, 0.4) is 0 Å². The molecule has 5 heteroatoms. The molecule has 2 aromatic carbocycles. The highest BCUT2D eigenvalue weighted by Crippen LogP contribution is 2.37. The Bertz CT molecular complexity index is 1020. The van der Waals surface area contributed by atoms with Crippen molar-refractivity contribution in [3.63, 3.8) is 0 Å². The highest BCUT2D eigenvalue weighted by Gasteiger charge is 2.45. The second-order valence-corrected chi connectivity index (χ2v) is 7.86. The lowest BCUT2D eigenvalue weighted by atomic mass is 9.79. The Labute approximate surface area is 171 Å². The first-order valence-corrected chi connectivity index (χ1v) is 10.3. The van der Waals surface area contributed by atoms with Crippen molar-refractivity contribution in [2.24, 2.45) is 0 Å². The van der Waals surface area contributed by atoms with Gasteiger partial charge in [-0.05, 0) is 48.7 Å². The molecule has 0 aliphatic carbocycles. The summed E-state index contributed by atoms with van der Waals surface area (Å²) < 4.78 is 0. The van der Waals surface area contributed by atoms with Crippen LogP contribution in [0.4, 0.5) is 0 Å². The fraction of sp³-hybridized carbons (Fsp3) is 0.333. The van der Waals surface area contributed by atoms with Crippen LogP contribution in [-0.2, 0) is 6.42 Å². The van der Waals surface area contributed by atoms with Crippen LogP contribution >= 0.6 is 0 Å². The van der Waals surface area contributed by atoms with Crippen molar-refractivity contribution in [3.8, 4) is 0 Å². The molecule has 0 bridgehead atoms. The molecular formula is C24H27N3O2. The van der Waals surface area contributed by atoms with E-state index < -0.39 is 6.04 Å². The van der Waals surface area contributed by atoms with Gasteiger partial charge in [-0.15, -0.1) is 0 Å². The topological polar surface area (TPSA) is 62.2 Å². The Morgan fingerprint density at radius 3 is 2.55 bits per heavy atom. The number of rotatable bonds is 6. The minimum absolute atomic E-state index is 0.0684. The molecule has 1 N–H and O–H groups in total. The van der Waals surface area contributed by atoms with Crippen LogP contribution in [0.15, 0.2) is 72.6 Å². The smallest absolute Gasteiger partial charge is 0.243 e. The van der Waals surface area contributed by atoms with Gasteiger partial charge < -0.3 is 9.88 Å². The molecule has 0 spiro atoms. The zero-order valence-corrected chi connectivity index (χ0v) is 16.9. The van der Waals surface area contributed by atoms with Crippen molar-refractivity contribution in [3.05, 3.63) is 93.8 Å². The maximum Gasteiger partial charge on any atom is 0.243 e. The van der Waals surface area contributed by atoms with Gasteiger partial charge >= 0.3 is 0 Å². The third kappa shape index (κ3) is 3.65. The van der Waals surface area contributed by atoms with Gasteiger partial charge in [0.2, 0.25) is 6.04 Å². The monoisotopic (exact) mass is 389 g/mol. The summed E-state index contributed by atoms with van der Waals surface area (Å²) in [6.45, 7) is 4.85. The molecule has 0 unspecified atom stereocenters. The normalized spacial score (nSPS) is 21.9. The van der Waals surface area contributed by atoms with Crippen LogP contribution in [0.1, 0.15) is 37.3 Å². The van der Waals surface area contributed by atoms with Crippen molar-refractivity contribution < 1.29 is 4.92 Å². The average molecular weight is 389 g/mol. The van der Waals surface area contributed by atoms with E-state index in [-0.39, 0.29) is 16.9 Å². The third-order valence-electron chi connectivity index (χ3n) is 6.16. The molecule has 0 radical (unpaired) electrons. The van der Waals surface area contributed by atoms with Crippen molar-refractivity contribution >= 4 is 10.9 Å². The lowest BCUT2D eigenvalue weighted by molar-refractivity contribution is -0.534. The van der Waals surface area contributed by atoms with Crippen LogP contribution in [0, 0.1) is 10.1 Å². The van der Waals surface area contributed by atoms with E-state index in [4.69, 9.17) is 0 Å². The number of hydrogen-bond acceptors (Lipinski definition) is 3. The van der Waals surface area contributed by atoms with E-state index in [0.717, 1.165) is 36.0 Å². The van der Waals surface area contributed by atoms with Gasteiger partial charge in [0, 0.05) is 28.6 Å². The molecule has 4 rings (SSSR count). The zero-order valence-electron chi connectivity index (χ0n) is 16.9. The Hall–Kier alpha value is -3.08. The lowest BCUT2D eigenvalue weighted by Crippen LogP contribution is -2.51. The fourth-order valence-electron chi connectivity index (χ4n) is 4.80. The zero-order chi connectivity index (χ0) is 20.4. The summed E-state index contributed by atoms with van der Waals surface area (Å²) in [5.74, 6) is -0.180. The maximum absolute atomic E-state index is 12.2. The molecular weight excluding hydrogens is 362 g/mol. The molecule has 3 atom stereocenters. The summed E-state index contributed by atoms with van der Waals surface area (Å²) >= 11 is 0. The van der Waals surface area contributed by atoms with Crippen LogP contribution in [0.25, 0.3) is 10.9 Å². The maximum atomic E-state index is 12.2. The molecule has 2 heterocycles. The second-order valence-electron chi connectivity index (χ2n) is 7.86. The van der Waals surface area contributed by atoms with E-state index in [1.807, 2.05) is 49.4 Å². The second kappa shape index (κ2) is 8.11. The minimum Gasteiger partial charge on any atom is -0.367 e. The van der Waals surface area contributed by atoms with Gasteiger partial charge in [-0.25, -0.2) is 0 Å². The number of benzene rings is 2. The number of aromatic amines is 1. The molecule has 150 valence electrons. The summed E-state index contributed by atoms with van der Waals surface area (Å²) in [7, 11) is 0. The summed E-state index contributed by atoms with van der Waals surface area (Å²) in [6.07, 6.45) is 5.81.